The summed E-state index contributed by atoms with van der Waals surface area (Å²) in [4.78, 5) is 4.57. The third kappa shape index (κ3) is 2.19. The minimum absolute atomic E-state index is 0.488. The van der Waals surface area contributed by atoms with Gasteiger partial charge in [0.2, 0.25) is 5.95 Å². The molecule has 0 amide bonds. The molecule has 2 heterocycles. The molecule has 0 aromatic carbocycles. The summed E-state index contributed by atoms with van der Waals surface area (Å²) in [6.07, 6.45) is 9.09. The summed E-state index contributed by atoms with van der Waals surface area (Å²) < 4.78 is 4.30. The first-order chi connectivity index (χ1) is 9.72. The molecule has 3 rings (SSSR count). The second-order valence-corrected chi connectivity index (χ2v) is 5.91. The maximum absolute atomic E-state index is 6.22. The van der Waals surface area contributed by atoms with Crippen LogP contribution in [0.15, 0.2) is 0 Å². The third-order valence-corrected chi connectivity index (χ3v) is 4.51. The molecule has 1 aliphatic carbocycles. The molecule has 5 heteroatoms. The Kier molecular flexibility index (Phi) is 3.68. The topological polar surface area (TPSA) is 61.7 Å². The van der Waals surface area contributed by atoms with Crippen LogP contribution in [0.25, 0.3) is 11.2 Å². The van der Waals surface area contributed by atoms with Gasteiger partial charge in [-0.25, -0.2) is 9.67 Å². The molecule has 0 radical (unpaired) electrons. The van der Waals surface area contributed by atoms with Crippen molar-refractivity contribution in [2.45, 2.75) is 71.4 Å². The van der Waals surface area contributed by atoms with Crippen molar-refractivity contribution in [1.82, 2.24) is 19.3 Å². The summed E-state index contributed by atoms with van der Waals surface area (Å²) in [7, 11) is 0. The van der Waals surface area contributed by atoms with Crippen LogP contribution in [0.4, 0.5) is 5.95 Å². The first-order valence-electron chi connectivity index (χ1n) is 7.93. The molecular formula is C15H25N5. The van der Waals surface area contributed by atoms with Crippen molar-refractivity contribution in [3.05, 3.63) is 5.69 Å². The van der Waals surface area contributed by atoms with E-state index in [1.807, 2.05) is 11.6 Å². The quantitative estimate of drug-likeness (QED) is 0.913. The Bertz CT molecular complexity index is 587. The van der Waals surface area contributed by atoms with E-state index in [0.717, 1.165) is 23.4 Å². The van der Waals surface area contributed by atoms with Gasteiger partial charge in [-0.05, 0) is 26.7 Å². The maximum atomic E-state index is 6.22. The highest BCUT2D eigenvalue weighted by Gasteiger charge is 2.23. The van der Waals surface area contributed by atoms with Gasteiger partial charge >= 0.3 is 0 Å². The number of nitrogens with zero attached hydrogens (tertiary/aromatic N) is 4. The molecule has 2 N–H and O–H groups in total. The summed E-state index contributed by atoms with van der Waals surface area (Å²) in [5, 5.41) is 4.58. The second kappa shape index (κ2) is 5.46. The van der Waals surface area contributed by atoms with Crippen LogP contribution in [0.5, 0.6) is 0 Å². The molecule has 0 unspecified atom stereocenters. The van der Waals surface area contributed by atoms with Crippen LogP contribution in [0.2, 0.25) is 0 Å². The largest absolute Gasteiger partial charge is 0.369 e. The van der Waals surface area contributed by atoms with Gasteiger partial charge in [0.1, 0.15) is 5.52 Å². The Labute approximate surface area is 120 Å². The molecule has 2 aromatic rings. The Balaban J connectivity index is 2.06. The molecule has 0 atom stereocenters. The van der Waals surface area contributed by atoms with Gasteiger partial charge in [0.05, 0.1) is 5.69 Å². The van der Waals surface area contributed by atoms with Crippen molar-refractivity contribution >= 4 is 17.1 Å². The van der Waals surface area contributed by atoms with Crippen LogP contribution in [0.1, 0.15) is 63.6 Å². The first-order valence-corrected chi connectivity index (χ1v) is 7.93. The minimum atomic E-state index is 0.488. The van der Waals surface area contributed by atoms with Gasteiger partial charge in [-0.2, -0.15) is 5.10 Å². The molecule has 5 nitrogen and oxygen atoms in total. The van der Waals surface area contributed by atoms with E-state index in [9.17, 15) is 0 Å². The average Bonchev–Trinajstić information content (AvgIpc) is 2.87. The fraction of sp³-hybridized carbons (Fsp3) is 0.733. The predicted molar refractivity (Wildman–Crippen MR) is 81.7 cm³/mol. The van der Waals surface area contributed by atoms with Gasteiger partial charge in [-0.3, -0.25) is 4.57 Å². The highest BCUT2D eigenvalue weighted by molar-refractivity contribution is 5.77. The van der Waals surface area contributed by atoms with E-state index in [-0.39, 0.29) is 0 Å². The number of hydrogen-bond donors (Lipinski definition) is 1. The smallest absolute Gasteiger partial charge is 0.202 e. The van der Waals surface area contributed by atoms with Gasteiger partial charge in [0.15, 0.2) is 5.65 Å². The van der Waals surface area contributed by atoms with E-state index in [4.69, 9.17) is 5.73 Å². The van der Waals surface area contributed by atoms with Crippen molar-refractivity contribution < 1.29 is 0 Å². The Morgan fingerprint density at radius 1 is 1.15 bits per heavy atom. The molecule has 0 spiro atoms. The zero-order valence-electron chi connectivity index (χ0n) is 12.6. The summed E-state index contributed by atoms with van der Waals surface area (Å²) in [6.45, 7) is 5.00. The van der Waals surface area contributed by atoms with Crippen LogP contribution in [-0.2, 0) is 6.54 Å². The number of aryl methyl sites for hydroxylation is 2. The standard InChI is InChI=1S/C15H25N5/c1-3-19-14-13(11(2)18-19)17-15(16)20(14)12-9-7-5-4-6-8-10-12/h12H,3-10H2,1-2H3,(H2,16,17). The Hall–Kier alpha value is -1.52. The van der Waals surface area contributed by atoms with Crippen LogP contribution >= 0.6 is 0 Å². The SMILES string of the molecule is CCn1nc(C)c2nc(N)n(C3CCCCCCC3)c21. The normalized spacial score (nSPS) is 18.3. The van der Waals surface area contributed by atoms with E-state index in [0.29, 0.717) is 12.0 Å². The van der Waals surface area contributed by atoms with Crippen molar-refractivity contribution in [2.24, 2.45) is 0 Å². The first kappa shape index (κ1) is 13.5. The van der Waals surface area contributed by atoms with E-state index < -0.39 is 0 Å². The molecule has 1 fully saturated rings. The van der Waals surface area contributed by atoms with Gasteiger partial charge in [0.25, 0.3) is 0 Å². The van der Waals surface area contributed by atoms with Crippen molar-refractivity contribution in [2.75, 3.05) is 5.73 Å². The molecule has 20 heavy (non-hydrogen) atoms. The lowest BCUT2D eigenvalue weighted by atomic mass is 9.96. The number of imidazole rings is 1. The number of hydrogen-bond acceptors (Lipinski definition) is 3. The van der Waals surface area contributed by atoms with Crippen LogP contribution in [0.3, 0.4) is 0 Å². The molecule has 2 aromatic heterocycles. The van der Waals surface area contributed by atoms with E-state index in [2.05, 4.69) is 21.6 Å². The summed E-state index contributed by atoms with van der Waals surface area (Å²) in [5.41, 5.74) is 9.30. The zero-order valence-corrected chi connectivity index (χ0v) is 12.6. The van der Waals surface area contributed by atoms with Crippen molar-refractivity contribution in [3.8, 4) is 0 Å². The van der Waals surface area contributed by atoms with Crippen LogP contribution in [0, 0.1) is 6.92 Å². The van der Waals surface area contributed by atoms with Crippen LogP contribution < -0.4 is 5.73 Å². The number of anilines is 1. The molecular weight excluding hydrogens is 250 g/mol. The van der Waals surface area contributed by atoms with Crippen molar-refractivity contribution in [1.29, 1.82) is 0 Å². The summed E-state index contributed by atoms with van der Waals surface area (Å²) in [6, 6.07) is 0.488. The van der Waals surface area contributed by atoms with Crippen LogP contribution in [-0.4, -0.2) is 19.3 Å². The number of nitrogens with two attached hydrogens (primary N) is 1. The fourth-order valence-electron chi connectivity index (χ4n) is 3.48. The molecule has 0 bridgehead atoms. The highest BCUT2D eigenvalue weighted by atomic mass is 15.4. The van der Waals surface area contributed by atoms with E-state index in [1.54, 1.807) is 0 Å². The second-order valence-electron chi connectivity index (χ2n) is 5.91. The van der Waals surface area contributed by atoms with E-state index >= 15 is 0 Å². The Morgan fingerprint density at radius 2 is 1.80 bits per heavy atom. The van der Waals surface area contributed by atoms with Gasteiger partial charge in [0, 0.05) is 12.6 Å². The number of rotatable bonds is 2. The number of nitrogen functional groups attached to an aromatic ring is 1. The van der Waals surface area contributed by atoms with E-state index in [1.165, 1.54) is 44.9 Å². The highest BCUT2D eigenvalue weighted by Crippen LogP contribution is 2.32. The summed E-state index contributed by atoms with van der Waals surface area (Å²) in [5.74, 6) is 0.660. The van der Waals surface area contributed by atoms with Gasteiger partial charge in [-0.1, -0.05) is 32.1 Å². The van der Waals surface area contributed by atoms with Gasteiger partial charge in [-0.15, -0.1) is 0 Å². The molecule has 1 saturated carbocycles. The lowest BCUT2D eigenvalue weighted by Gasteiger charge is -2.23. The minimum Gasteiger partial charge on any atom is -0.369 e. The predicted octanol–water partition coefficient (Wildman–Crippen LogP) is 3.43. The molecule has 0 aliphatic heterocycles. The zero-order chi connectivity index (χ0) is 14.1. The Morgan fingerprint density at radius 3 is 2.45 bits per heavy atom. The lowest BCUT2D eigenvalue weighted by Crippen LogP contribution is -2.16. The molecule has 1 aliphatic rings. The van der Waals surface area contributed by atoms with Crippen molar-refractivity contribution in [3.63, 3.8) is 0 Å². The average molecular weight is 275 g/mol. The van der Waals surface area contributed by atoms with Gasteiger partial charge < -0.3 is 5.73 Å². The number of aromatic nitrogens is 4. The third-order valence-electron chi connectivity index (χ3n) is 4.51. The number of fused-ring (bicyclic) bond motifs is 1. The summed E-state index contributed by atoms with van der Waals surface area (Å²) >= 11 is 0. The lowest BCUT2D eigenvalue weighted by molar-refractivity contribution is 0.377. The molecule has 0 saturated heterocycles. The fourth-order valence-corrected chi connectivity index (χ4v) is 3.48. The maximum Gasteiger partial charge on any atom is 0.202 e. The molecule has 110 valence electrons. The monoisotopic (exact) mass is 275 g/mol.